The molecule has 69 heavy (non-hydrogen) atoms. The lowest BCUT2D eigenvalue weighted by Crippen LogP contribution is -2.28. The predicted octanol–water partition coefficient (Wildman–Crippen LogP) is 17.2. The molecule has 2 nitrogen and oxygen atoms in total. The summed E-state index contributed by atoms with van der Waals surface area (Å²) in [6.45, 7) is 0. The van der Waals surface area contributed by atoms with Crippen molar-refractivity contribution >= 4 is 43.6 Å². The molecule has 14 rings (SSSR count). The minimum atomic E-state index is -0.499. The third kappa shape index (κ3) is 5.99. The highest BCUT2D eigenvalue weighted by atomic mass is 15.0. The van der Waals surface area contributed by atoms with Crippen LogP contribution in [0.25, 0.3) is 99.5 Å². The summed E-state index contributed by atoms with van der Waals surface area (Å²) in [6, 6.07) is 98.8. The van der Waals surface area contributed by atoms with Crippen molar-refractivity contribution < 1.29 is 0 Å². The van der Waals surface area contributed by atoms with Crippen molar-refractivity contribution in [2.75, 3.05) is 0 Å². The molecule has 322 valence electrons. The van der Waals surface area contributed by atoms with Crippen LogP contribution in [0, 0.1) is 0 Å². The largest absolute Gasteiger partial charge is 0.309 e. The molecule has 0 N–H and O–H groups in total. The van der Waals surface area contributed by atoms with Crippen LogP contribution in [-0.2, 0) is 5.41 Å². The van der Waals surface area contributed by atoms with Gasteiger partial charge in [0.25, 0.3) is 0 Å². The van der Waals surface area contributed by atoms with Gasteiger partial charge in [-0.3, -0.25) is 0 Å². The Kier molecular flexibility index (Phi) is 8.84. The molecule has 11 aromatic carbocycles. The second kappa shape index (κ2) is 15.6. The van der Waals surface area contributed by atoms with Crippen LogP contribution in [-0.4, -0.2) is 9.13 Å². The molecule has 1 aliphatic carbocycles. The highest BCUT2D eigenvalue weighted by Crippen LogP contribution is 2.57. The van der Waals surface area contributed by atoms with Gasteiger partial charge in [0.05, 0.1) is 27.5 Å². The molecule has 0 aliphatic heterocycles. The first-order chi connectivity index (χ1) is 34.2. The molecular formula is C67H44N2. The lowest BCUT2D eigenvalue weighted by atomic mass is 9.67. The van der Waals surface area contributed by atoms with E-state index in [1.54, 1.807) is 0 Å². The van der Waals surface area contributed by atoms with Crippen molar-refractivity contribution in [3.8, 4) is 55.9 Å². The SMILES string of the molecule is c1ccc(-n2c3ccccc3c3cc(-c4cc(-c5ccc6c(c5)C(c5ccccc5)(c5ccccc5)c5ccccc5-6)cc(-c5ccc6c(c5)c5ccccc5n6-c5ccccc5)c4)ccc32)cc1. The average Bonchev–Trinajstić information content (AvgIpc) is 4.05. The van der Waals surface area contributed by atoms with E-state index in [0.29, 0.717) is 0 Å². The Balaban J connectivity index is 1.01. The lowest BCUT2D eigenvalue weighted by molar-refractivity contribution is 0.769. The van der Waals surface area contributed by atoms with E-state index in [0.717, 1.165) is 11.4 Å². The molecule has 0 amide bonds. The number of hydrogen-bond donors (Lipinski definition) is 0. The van der Waals surface area contributed by atoms with E-state index in [4.69, 9.17) is 0 Å². The van der Waals surface area contributed by atoms with E-state index in [-0.39, 0.29) is 0 Å². The van der Waals surface area contributed by atoms with Crippen LogP contribution >= 0.6 is 0 Å². The van der Waals surface area contributed by atoms with Crippen LogP contribution in [0.1, 0.15) is 22.3 Å². The molecule has 2 heteroatoms. The van der Waals surface area contributed by atoms with Crippen LogP contribution in [0.2, 0.25) is 0 Å². The molecule has 0 atom stereocenters. The van der Waals surface area contributed by atoms with E-state index in [1.165, 1.54) is 110 Å². The van der Waals surface area contributed by atoms with E-state index in [2.05, 4.69) is 276 Å². The monoisotopic (exact) mass is 876 g/mol. The first-order valence-electron chi connectivity index (χ1n) is 23.9. The second-order valence-electron chi connectivity index (χ2n) is 18.4. The molecule has 1 aliphatic rings. The van der Waals surface area contributed by atoms with Crippen LogP contribution < -0.4 is 0 Å². The van der Waals surface area contributed by atoms with Crippen molar-refractivity contribution in [1.29, 1.82) is 0 Å². The third-order valence-corrected chi connectivity index (χ3v) is 14.8. The third-order valence-electron chi connectivity index (χ3n) is 14.8. The summed E-state index contributed by atoms with van der Waals surface area (Å²) in [4.78, 5) is 0. The van der Waals surface area contributed by atoms with Crippen molar-refractivity contribution in [3.63, 3.8) is 0 Å². The quantitative estimate of drug-likeness (QED) is 0.151. The number of aromatic nitrogens is 2. The number of para-hydroxylation sites is 4. The zero-order chi connectivity index (χ0) is 45.5. The van der Waals surface area contributed by atoms with Crippen LogP contribution in [0.15, 0.2) is 267 Å². The van der Waals surface area contributed by atoms with E-state index in [1.807, 2.05) is 0 Å². The predicted molar refractivity (Wildman–Crippen MR) is 289 cm³/mol. The maximum Gasteiger partial charge on any atom is 0.0713 e. The van der Waals surface area contributed by atoms with Crippen LogP contribution in [0.3, 0.4) is 0 Å². The standard InChI is InChI=1S/C67H44N2/c1-5-19-51(20-6-1)67(52-21-7-2-8-22-52)61-30-16-13-27-55(61)56-36-33-47(44-62(56)67)50-40-48(45-34-37-65-59(42-45)57-28-14-17-31-63(57)68(65)53-23-9-3-10-24-53)39-49(41-50)46-35-38-66-60(43-46)58-29-15-18-32-64(58)69(66)54-25-11-4-12-26-54/h1-44H. The number of hydrogen-bond acceptors (Lipinski definition) is 0. The molecule has 13 aromatic rings. The first kappa shape index (κ1) is 39.2. The Morgan fingerprint density at radius 2 is 0.609 bits per heavy atom. The number of benzene rings is 11. The fourth-order valence-corrected chi connectivity index (χ4v) is 11.8. The summed E-state index contributed by atoms with van der Waals surface area (Å²) in [7, 11) is 0. The number of rotatable bonds is 7. The van der Waals surface area contributed by atoms with E-state index >= 15 is 0 Å². The number of nitrogens with zero attached hydrogens (tertiary/aromatic N) is 2. The highest BCUT2D eigenvalue weighted by Gasteiger charge is 2.46. The summed E-state index contributed by atoms with van der Waals surface area (Å²) in [5.41, 5.74) is 21.4. The molecule has 0 fully saturated rings. The summed E-state index contributed by atoms with van der Waals surface area (Å²) in [5.74, 6) is 0. The summed E-state index contributed by atoms with van der Waals surface area (Å²) >= 11 is 0. The summed E-state index contributed by atoms with van der Waals surface area (Å²) in [6.07, 6.45) is 0. The van der Waals surface area contributed by atoms with Gasteiger partial charge in [-0.1, -0.05) is 182 Å². The van der Waals surface area contributed by atoms with Gasteiger partial charge in [0, 0.05) is 32.9 Å². The maximum absolute atomic E-state index is 2.49. The van der Waals surface area contributed by atoms with Crippen LogP contribution in [0.4, 0.5) is 0 Å². The van der Waals surface area contributed by atoms with Gasteiger partial charge in [0.2, 0.25) is 0 Å². The molecular weight excluding hydrogens is 833 g/mol. The zero-order valence-electron chi connectivity index (χ0n) is 37.8. The molecule has 0 bridgehead atoms. The Morgan fingerprint density at radius 3 is 1.12 bits per heavy atom. The molecule has 0 unspecified atom stereocenters. The normalized spacial score (nSPS) is 12.8. The minimum Gasteiger partial charge on any atom is -0.309 e. The Hall–Kier alpha value is -8.98. The molecule has 0 saturated heterocycles. The highest BCUT2D eigenvalue weighted by molar-refractivity contribution is 6.12. The van der Waals surface area contributed by atoms with Gasteiger partial charge in [0.15, 0.2) is 0 Å². The topological polar surface area (TPSA) is 9.86 Å². The van der Waals surface area contributed by atoms with Crippen molar-refractivity contribution in [1.82, 2.24) is 9.13 Å². The molecule has 0 radical (unpaired) electrons. The van der Waals surface area contributed by atoms with Crippen molar-refractivity contribution in [2.45, 2.75) is 5.41 Å². The Bertz CT molecular complexity index is 3890. The van der Waals surface area contributed by atoms with Crippen molar-refractivity contribution in [2.24, 2.45) is 0 Å². The van der Waals surface area contributed by atoms with Crippen LogP contribution in [0.5, 0.6) is 0 Å². The molecule has 2 heterocycles. The summed E-state index contributed by atoms with van der Waals surface area (Å²) < 4.78 is 4.79. The molecule has 0 spiro atoms. The maximum atomic E-state index is 2.49. The zero-order valence-corrected chi connectivity index (χ0v) is 37.8. The first-order valence-corrected chi connectivity index (χ1v) is 23.9. The second-order valence-corrected chi connectivity index (χ2v) is 18.4. The minimum absolute atomic E-state index is 0.499. The average molecular weight is 877 g/mol. The van der Waals surface area contributed by atoms with E-state index in [9.17, 15) is 0 Å². The van der Waals surface area contributed by atoms with Gasteiger partial charge in [0.1, 0.15) is 0 Å². The smallest absolute Gasteiger partial charge is 0.0713 e. The fraction of sp³-hybridized carbons (Fsp3) is 0.0149. The Morgan fingerprint density at radius 1 is 0.232 bits per heavy atom. The van der Waals surface area contributed by atoms with Gasteiger partial charge in [-0.05, 0) is 152 Å². The lowest BCUT2D eigenvalue weighted by Gasteiger charge is -2.34. The fourth-order valence-electron chi connectivity index (χ4n) is 11.8. The van der Waals surface area contributed by atoms with Crippen molar-refractivity contribution in [3.05, 3.63) is 289 Å². The molecule has 2 aromatic heterocycles. The van der Waals surface area contributed by atoms with E-state index < -0.39 is 5.41 Å². The number of fused-ring (bicyclic) bond motifs is 9. The van der Waals surface area contributed by atoms with Gasteiger partial charge in [-0.15, -0.1) is 0 Å². The van der Waals surface area contributed by atoms with Gasteiger partial charge in [-0.2, -0.15) is 0 Å². The van der Waals surface area contributed by atoms with Gasteiger partial charge < -0.3 is 9.13 Å². The summed E-state index contributed by atoms with van der Waals surface area (Å²) in [5, 5.41) is 4.96. The van der Waals surface area contributed by atoms with Gasteiger partial charge >= 0.3 is 0 Å². The molecule has 0 saturated carbocycles. The van der Waals surface area contributed by atoms with Gasteiger partial charge in [-0.25, -0.2) is 0 Å². The Labute approximate surface area is 401 Å².